The number of piperazine rings is 1. The minimum atomic E-state index is 1.04. The number of pyridine rings is 1. The molecule has 0 aromatic carbocycles. The topological polar surface area (TPSA) is 19.4 Å². The summed E-state index contributed by atoms with van der Waals surface area (Å²) < 4.78 is 2.34. The fourth-order valence-corrected chi connectivity index (χ4v) is 2.06. The fourth-order valence-electron chi connectivity index (χ4n) is 1.63. The molecule has 76 valence electrons. The molecule has 1 saturated heterocycles. The van der Waals surface area contributed by atoms with E-state index in [-0.39, 0.29) is 0 Å². The van der Waals surface area contributed by atoms with E-state index in [0.717, 1.165) is 19.6 Å². The van der Waals surface area contributed by atoms with Gasteiger partial charge in [0.2, 0.25) is 0 Å². The van der Waals surface area contributed by atoms with Crippen molar-refractivity contribution in [2.24, 2.45) is 0 Å². The molecule has 0 bridgehead atoms. The SMILES string of the molecule is IN1CCN(Cc2cccnc2)CC1. The van der Waals surface area contributed by atoms with Gasteiger partial charge in [-0.1, -0.05) is 6.07 Å². The molecule has 2 rings (SSSR count). The standard InChI is InChI=1S/C10H14IN3/c11-14-6-4-13(5-7-14)9-10-2-1-3-12-8-10/h1-3,8H,4-7,9H2. The Labute approximate surface area is 98.6 Å². The number of halogens is 1. The van der Waals surface area contributed by atoms with Crippen molar-refractivity contribution >= 4 is 22.9 Å². The van der Waals surface area contributed by atoms with Crippen molar-refractivity contribution in [3.63, 3.8) is 0 Å². The molecule has 2 heterocycles. The maximum atomic E-state index is 4.13. The third-order valence-corrected chi connectivity index (χ3v) is 3.41. The van der Waals surface area contributed by atoms with Crippen molar-refractivity contribution in [2.75, 3.05) is 26.2 Å². The van der Waals surface area contributed by atoms with Gasteiger partial charge in [-0.25, -0.2) is 3.11 Å². The van der Waals surface area contributed by atoms with Gasteiger partial charge < -0.3 is 0 Å². The van der Waals surface area contributed by atoms with E-state index in [1.54, 1.807) is 0 Å². The van der Waals surface area contributed by atoms with Crippen molar-refractivity contribution in [1.82, 2.24) is 13.0 Å². The van der Waals surface area contributed by atoms with Gasteiger partial charge in [0.05, 0.1) is 0 Å². The molecular formula is C10H14IN3. The van der Waals surface area contributed by atoms with E-state index in [1.165, 1.54) is 18.7 Å². The highest BCUT2D eigenvalue weighted by Gasteiger charge is 2.14. The first kappa shape index (κ1) is 10.3. The molecule has 1 aromatic heterocycles. The van der Waals surface area contributed by atoms with Crippen LogP contribution in [0, 0.1) is 0 Å². The lowest BCUT2D eigenvalue weighted by atomic mass is 10.2. The Balaban J connectivity index is 1.87. The quantitative estimate of drug-likeness (QED) is 0.610. The second kappa shape index (κ2) is 5.04. The number of hydrogen-bond donors (Lipinski definition) is 0. The fraction of sp³-hybridized carbons (Fsp3) is 0.500. The van der Waals surface area contributed by atoms with Crippen molar-refractivity contribution < 1.29 is 0 Å². The molecule has 0 atom stereocenters. The lowest BCUT2D eigenvalue weighted by Gasteiger charge is -2.30. The summed E-state index contributed by atoms with van der Waals surface area (Å²) in [4.78, 5) is 6.60. The summed E-state index contributed by atoms with van der Waals surface area (Å²) in [6, 6.07) is 4.15. The molecule has 1 fully saturated rings. The van der Waals surface area contributed by atoms with Crippen LogP contribution < -0.4 is 0 Å². The number of nitrogens with zero attached hydrogens (tertiary/aromatic N) is 3. The first-order valence-electron chi connectivity index (χ1n) is 4.86. The predicted molar refractivity (Wildman–Crippen MR) is 65.1 cm³/mol. The smallest absolute Gasteiger partial charge is 0.0312 e. The lowest BCUT2D eigenvalue weighted by molar-refractivity contribution is 0.198. The summed E-state index contributed by atoms with van der Waals surface area (Å²) in [5.74, 6) is 0. The maximum absolute atomic E-state index is 4.13. The van der Waals surface area contributed by atoms with E-state index < -0.39 is 0 Å². The molecule has 1 aliphatic rings. The molecule has 0 radical (unpaired) electrons. The second-order valence-corrected chi connectivity index (χ2v) is 4.91. The van der Waals surface area contributed by atoms with E-state index in [9.17, 15) is 0 Å². The highest BCUT2D eigenvalue weighted by atomic mass is 127. The maximum Gasteiger partial charge on any atom is 0.0312 e. The first-order valence-corrected chi connectivity index (χ1v) is 5.83. The molecule has 0 aliphatic carbocycles. The number of rotatable bonds is 2. The van der Waals surface area contributed by atoms with Crippen LogP contribution in [0.5, 0.6) is 0 Å². The van der Waals surface area contributed by atoms with Crippen LogP contribution in [0.4, 0.5) is 0 Å². The highest BCUT2D eigenvalue weighted by molar-refractivity contribution is 14.1. The predicted octanol–water partition coefficient (Wildman–Crippen LogP) is 1.55. The van der Waals surface area contributed by atoms with Gasteiger partial charge in [0.1, 0.15) is 0 Å². The zero-order valence-corrected chi connectivity index (χ0v) is 10.2. The van der Waals surface area contributed by atoms with E-state index in [2.05, 4.69) is 41.9 Å². The van der Waals surface area contributed by atoms with Crippen molar-refractivity contribution in [1.29, 1.82) is 0 Å². The third-order valence-electron chi connectivity index (χ3n) is 2.45. The van der Waals surface area contributed by atoms with Crippen LogP contribution in [0.15, 0.2) is 24.5 Å². The summed E-state index contributed by atoms with van der Waals surface area (Å²) in [7, 11) is 0. The van der Waals surface area contributed by atoms with Crippen LogP contribution in [-0.4, -0.2) is 39.2 Å². The van der Waals surface area contributed by atoms with Gasteiger partial charge in [0.15, 0.2) is 0 Å². The van der Waals surface area contributed by atoms with Crippen LogP contribution in [0.2, 0.25) is 0 Å². The molecule has 3 nitrogen and oxygen atoms in total. The summed E-state index contributed by atoms with van der Waals surface area (Å²) in [6.45, 7) is 5.70. The molecule has 0 unspecified atom stereocenters. The van der Waals surface area contributed by atoms with Crippen LogP contribution in [0.1, 0.15) is 5.56 Å². The van der Waals surface area contributed by atoms with Crippen LogP contribution in [-0.2, 0) is 6.54 Å². The molecular weight excluding hydrogens is 289 g/mol. The van der Waals surface area contributed by atoms with Gasteiger partial charge >= 0.3 is 0 Å². The van der Waals surface area contributed by atoms with E-state index in [0.29, 0.717) is 0 Å². The average molecular weight is 303 g/mol. The number of hydrogen-bond acceptors (Lipinski definition) is 3. The van der Waals surface area contributed by atoms with Gasteiger partial charge in [0, 0.05) is 68.0 Å². The molecule has 0 N–H and O–H groups in total. The van der Waals surface area contributed by atoms with Gasteiger partial charge in [0.25, 0.3) is 0 Å². The van der Waals surface area contributed by atoms with Gasteiger partial charge in [-0.15, -0.1) is 0 Å². The molecule has 0 amide bonds. The van der Waals surface area contributed by atoms with Crippen molar-refractivity contribution in [3.8, 4) is 0 Å². The van der Waals surface area contributed by atoms with Gasteiger partial charge in [-0.3, -0.25) is 9.88 Å². The second-order valence-electron chi connectivity index (χ2n) is 3.55. The van der Waals surface area contributed by atoms with Crippen LogP contribution in [0.25, 0.3) is 0 Å². The Kier molecular flexibility index (Phi) is 3.72. The van der Waals surface area contributed by atoms with Gasteiger partial charge in [-0.2, -0.15) is 0 Å². The summed E-state index contributed by atoms with van der Waals surface area (Å²) in [5.41, 5.74) is 1.31. The Morgan fingerprint density at radius 3 is 2.71 bits per heavy atom. The van der Waals surface area contributed by atoms with Crippen molar-refractivity contribution in [3.05, 3.63) is 30.1 Å². The van der Waals surface area contributed by atoms with Crippen molar-refractivity contribution in [2.45, 2.75) is 6.54 Å². The Bertz CT molecular complexity index is 270. The Morgan fingerprint density at radius 1 is 1.29 bits per heavy atom. The summed E-state index contributed by atoms with van der Waals surface area (Å²) >= 11 is 2.39. The third kappa shape index (κ3) is 2.90. The van der Waals surface area contributed by atoms with Crippen LogP contribution in [0.3, 0.4) is 0 Å². The van der Waals surface area contributed by atoms with Crippen LogP contribution >= 0.6 is 22.9 Å². The van der Waals surface area contributed by atoms with E-state index in [4.69, 9.17) is 0 Å². The molecule has 0 spiro atoms. The molecule has 0 saturated carbocycles. The molecule has 1 aromatic rings. The Hall–Kier alpha value is -0.200. The molecule has 14 heavy (non-hydrogen) atoms. The largest absolute Gasteiger partial charge is 0.296 e. The minimum absolute atomic E-state index is 1.04. The molecule has 1 aliphatic heterocycles. The normalized spacial score (nSPS) is 19.8. The number of aromatic nitrogens is 1. The van der Waals surface area contributed by atoms with E-state index >= 15 is 0 Å². The highest BCUT2D eigenvalue weighted by Crippen LogP contribution is 2.09. The first-order chi connectivity index (χ1) is 6.84. The molecule has 4 heteroatoms. The monoisotopic (exact) mass is 303 g/mol. The average Bonchev–Trinajstić information content (AvgIpc) is 2.23. The Morgan fingerprint density at radius 2 is 2.07 bits per heavy atom. The zero-order valence-electron chi connectivity index (χ0n) is 8.06. The minimum Gasteiger partial charge on any atom is -0.296 e. The lowest BCUT2D eigenvalue weighted by Crippen LogP contribution is -2.41. The summed E-state index contributed by atoms with van der Waals surface area (Å²) in [6.07, 6.45) is 3.78. The zero-order chi connectivity index (χ0) is 9.80. The van der Waals surface area contributed by atoms with Gasteiger partial charge in [-0.05, 0) is 11.6 Å². The van der Waals surface area contributed by atoms with E-state index in [1.807, 2.05) is 18.5 Å². The summed E-state index contributed by atoms with van der Waals surface area (Å²) in [5, 5.41) is 0.